The van der Waals surface area contributed by atoms with Crippen LogP contribution >= 0.6 is 23.2 Å². The quantitative estimate of drug-likeness (QED) is 0.653. The summed E-state index contributed by atoms with van der Waals surface area (Å²) in [4.78, 5) is 15.1. The Morgan fingerprint density at radius 1 is 1.16 bits per heavy atom. The Hall–Kier alpha value is -1.29. The molecule has 4 rings (SSSR count). The predicted molar refractivity (Wildman–Crippen MR) is 115 cm³/mol. The average molecular weight is 475 g/mol. The zero-order chi connectivity index (χ0) is 21.8. The average Bonchev–Trinajstić information content (AvgIpc) is 3.16. The van der Waals surface area contributed by atoms with Gasteiger partial charge < -0.3 is 34.3 Å². The molecule has 172 valence electrons. The molecule has 2 N–H and O–H groups in total. The molecule has 8 nitrogen and oxygen atoms in total. The number of fused-ring (bicyclic) bond motifs is 1. The summed E-state index contributed by atoms with van der Waals surface area (Å²) < 4.78 is 22.3. The van der Waals surface area contributed by atoms with Crippen LogP contribution in [0, 0.1) is 5.92 Å². The molecule has 10 heteroatoms. The first-order valence-electron chi connectivity index (χ1n) is 10.7. The maximum atomic E-state index is 12.9. The summed E-state index contributed by atoms with van der Waals surface area (Å²) in [5, 5.41) is 14.0. The highest BCUT2D eigenvalue weighted by molar-refractivity contribution is 6.43. The number of benzene rings is 1. The number of hydrogen-bond donors (Lipinski definition) is 2. The van der Waals surface area contributed by atoms with Crippen LogP contribution in [0.2, 0.25) is 10.0 Å². The zero-order valence-electron chi connectivity index (χ0n) is 17.3. The van der Waals surface area contributed by atoms with Crippen molar-refractivity contribution >= 4 is 29.1 Å². The van der Waals surface area contributed by atoms with E-state index in [2.05, 4.69) is 10.2 Å². The van der Waals surface area contributed by atoms with Crippen molar-refractivity contribution in [1.29, 1.82) is 0 Å². The van der Waals surface area contributed by atoms with Crippen molar-refractivity contribution in [1.82, 2.24) is 10.2 Å². The Labute approximate surface area is 191 Å². The second-order valence-electron chi connectivity index (χ2n) is 8.02. The highest BCUT2D eigenvalue weighted by Gasteiger charge is 2.30. The molecule has 0 aliphatic carbocycles. The number of amides is 1. The minimum absolute atomic E-state index is 0.0299. The molecule has 0 aromatic heterocycles. The Bertz CT molecular complexity index is 790. The Morgan fingerprint density at radius 2 is 1.90 bits per heavy atom. The number of carbonyl (C=O) groups is 1. The van der Waals surface area contributed by atoms with Crippen LogP contribution in [-0.4, -0.2) is 80.9 Å². The maximum absolute atomic E-state index is 12.9. The van der Waals surface area contributed by atoms with Crippen molar-refractivity contribution in [2.75, 3.05) is 52.6 Å². The third-order valence-electron chi connectivity index (χ3n) is 5.86. The minimum Gasteiger partial charge on any atom is -0.489 e. The van der Waals surface area contributed by atoms with Crippen molar-refractivity contribution in [2.24, 2.45) is 5.92 Å². The molecule has 0 saturated carbocycles. The molecule has 0 bridgehead atoms. The van der Waals surface area contributed by atoms with Gasteiger partial charge in [0.1, 0.15) is 5.02 Å². The number of carbonyl (C=O) groups excluding carboxylic acids is 1. The summed E-state index contributed by atoms with van der Waals surface area (Å²) in [6.07, 6.45) is 1.60. The van der Waals surface area contributed by atoms with Crippen LogP contribution < -0.4 is 14.8 Å². The van der Waals surface area contributed by atoms with E-state index in [4.69, 9.17) is 42.1 Å². The molecule has 2 fully saturated rings. The van der Waals surface area contributed by atoms with E-state index in [0.29, 0.717) is 57.4 Å². The maximum Gasteiger partial charge on any atom is 0.255 e. The number of nitrogens with one attached hydrogen (secondary N) is 1. The Kier molecular flexibility index (Phi) is 7.79. The number of likely N-dealkylation sites (tertiary alicyclic amines) is 1. The van der Waals surface area contributed by atoms with E-state index in [0.717, 1.165) is 25.9 Å². The lowest BCUT2D eigenvalue weighted by Crippen LogP contribution is -2.48. The molecule has 1 amide bonds. The van der Waals surface area contributed by atoms with Crippen molar-refractivity contribution in [2.45, 2.75) is 31.7 Å². The van der Waals surface area contributed by atoms with E-state index in [9.17, 15) is 9.90 Å². The lowest BCUT2D eigenvalue weighted by Gasteiger charge is -2.36. The van der Waals surface area contributed by atoms with Crippen LogP contribution in [0.3, 0.4) is 0 Å². The van der Waals surface area contributed by atoms with Gasteiger partial charge in [0.25, 0.3) is 5.91 Å². The molecule has 1 aromatic carbocycles. The molecule has 0 spiro atoms. The number of piperidine rings is 1. The van der Waals surface area contributed by atoms with E-state index in [1.165, 1.54) is 6.07 Å². The highest BCUT2D eigenvalue weighted by Crippen LogP contribution is 2.44. The fourth-order valence-electron chi connectivity index (χ4n) is 4.10. The fraction of sp³-hybridized carbons (Fsp3) is 0.667. The van der Waals surface area contributed by atoms with Crippen LogP contribution in [0.15, 0.2) is 6.07 Å². The molecule has 3 aliphatic heterocycles. The summed E-state index contributed by atoms with van der Waals surface area (Å²) in [6.45, 7) is 4.75. The van der Waals surface area contributed by atoms with Crippen LogP contribution in [0.25, 0.3) is 0 Å². The van der Waals surface area contributed by atoms with Gasteiger partial charge in [0.05, 0.1) is 43.1 Å². The van der Waals surface area contributed by atoms with Crippen LogP contribution in [0.5, 0.6) is 11.5 Å². The topological polar surface area (TPSA) is 89.5 Å². The van der Waals surface area contributed by atoms with Gasteiger partial charge in [0.2, 0.25) is 0 Å². The van der Waals surface area contributed by atoms with Crippen LogP contribution in [0.1, 0.15) is 29.6 Å². The second-order valence-corrected chi connectivity index (χ2v) is 8.80. The lowest BCUT2D eigenvalue weighted by atomic mass is 9.93. The smallest absolute Gasteiger partial charge is 0.255 e. The molecular formula is C21H28Cl2N2O6. The predicted octanol–water partition coefficient (Wildman–Crippen LogP) is 2.33. The third-order valence-corrected chi connectivity index (χ3v) is 6.63. The highest BCUT2D eigenvalue weighted by atomic mass is 35.5. The summed E-state index contributed by atoms with van der Waals surface area (Å²) in [5.41, 5.74) is 0.287. The van der Waals surface area contributed by atoms with Gasteiger partial charge in [-0.3, -0.25) is 4.79 Å². The van der Waals surface area contributed by atoms with Crippen LogP contribution in [0.4, 0.5) is 0 Å². The van der Waals surface area contributed by atoms with E-state index >= 15 is 0 Å². The Morgan fingerprint density at radius 3 is 2.65 bits per heavy atom. The molecule has 1 aromatic rings. The first kappa shape index (κ1) is 22.9. The van der Waals surface area contributed by atoms with Crippen molar-refractivity contribution in [3.8, 4) is 11.5 Å². The molecular weight excluding hydrogens is 447 g/mol. The molecule has 3 aliphatic rings. The monoisotopic (exact) mass is 474 g/mol. The summed E-state index contributed by atoms with van der Waals surface area (Å²) in [7, 11) is 0. The summed E-state index contributed by atoms with van der Waals surface area (Å²) in [5.74, 6) is 0.264. The van der Waals surface area contributed by atoms with Gasteiger partial charge in [0, 0.05) is 38.4 Å². The van der Waals surface area contributed by atoms with Crippen LogP contribution in [-0.2, 0) is 9.47 Å². The third kappa shape index (κ3) is 5.56. The van der Waals surface area contributed by atoms with Crippen molar-refractivity contribution in [3.05, 3.63) is 21.7 Å². The van der Waals surface area contributed by atoms with Gasteiger partial charge >= 0.3 is 0 Å². The number of aliphatic hydroxyl groups excluding tert-OH is 1. The largest absolute Gasteiger partial charge is 0.489 e. The first-order valence-corrected chi connectivity index (χ1v) is 11.5. The number of ether oxygens (including phenoxy) is 4. The normalized spacial score (nSPS) is 24.7. The lowest BCUT2D eigenvalue weighted by molar-refractivity contribution is -0.0576. The zero-order valence-corrected chi connectivity index (χ0v) is 18.8. The van der Waals surface area contributed by atoms with Gasteiger partial charge in [-0.15, -0.1) is 0 Å². The molecule has 0 radical (unpaired) electrons. The van der Waals surface area contributed by atoms with E-state index < -0.39 is 6.10 Å². The number of hydrogen-bond acceptors (Lipinski definition) is 7. The van der Waals surface area contributed by atoms with Gasteiger partial charge in [-0.25, -0.2) is 0 Å². The number of rotatable bonds is 6. The van der Waals surface area contributed by atoms with E-state index in [1.807, 2.05) is 0 Å². The summed E-state index contributed by atoms with van der Waals surface area (Å²) in [6, 6.07) is 1.50. The number of β-amino-alcohol motifs (C(OH)–C–C–N with tert-alkyl or cyclic N) is 1. The first-order chi connectivity index (χ1) is 15.0. The van der Waals surface area contributed by atoms with Gasteiger partial charge in [-0.05, 0) is 19.0 Å². The SMILES string of the molecule is O=C(NC[C@@H]1CCN(CCC2OCCO2)CC1O)c1cc(Cl)c(Cl)c2c1OCCCO2. The molecule has 2 saturated heterocycles. The van der Waals surface area contributed by atoms with Crippen molar-refractivity contribution in [3.63, 3.8) is 0 Å². The van der Waals surface area contributed by atoms with E-state index in [1.54, 1.807) is 0 Å². The fourth-order valence-corrected chi connectivity index (χ4v) is 4.49. The Balaban J connectivity index is 1.31. The van der Waals surface area contributed by atoms with Gasteiger partial charge in [-0.1, -0.05) is 23.2 Å². The second kappa shape index (κ2) is 10.6. The number of aliphatic hydroxyl groups is 1. The van der Waals surface area contributed by atoms with Crippen molar-refractivity contribution < 1.29 is 28.8 Å². The minimum atomic E-state index is -0.523. The molecule has 31 heavy (non-hydrogen) atoms. The molecule has 2 atom stereocenters. The molecule has 3 heterocycles. The van der Waals surface area contributed by atoms with E-state index in [-0.39, 0.29) is 33.7 Å². The van der Waals surface area contributed by atoms with Gasteiger partial charge in [-0.2, -0.15) is 0 Å². The number of nitrogens with zero attached hydrogens (tertiary/aromatic N) is 1. The van der Waals surface area contributed by atoms with Gasteiger partial charge in [0.15, 0.2) is 17.8 Å². The number of halogens is 2. The molecule has 1 unspecified atom stereocenters. The standard InChI is InChI=1S/C21H28Cl2N2O6/c22-15-10-14(19-20(18(15)23)31-7-1-6-30-19)21(27)24-11-13-2-4-25(12-16(13)26)5-3-17-28-8-9-29-17/h10,13,16-17,26H,1-9,11-12H2,(H,24,27)/t13-,16?/m0/s1. The summed E-state index contributed by atoms with van der Waals surface area (Å²) >= 11 is 12.4.